The van der Waals surface area contributed by atoms with Crippen molar-refractivity contribution in [1.29, 1.82) is 0 Å². The van der Waals surface area contributed by atoms with Crippen LogP contribution in [0.1, 0.15) is 40.5 Å². The molecule has 3 heterocycles. The fourth-order valence-corrected chi connectivity index (χ4v) is 4.07. The van der Waals surface area contributed by atoms with Crippen molar-refractivity contribution < 1.29 is 4.79 Å². The fourth-order valence-electron chi connectivity index (χ4n) is 4.07. The van der Waals surface area contributed by atoms with E-state index in [0.717, 1.165) is 41.8 Å². The summed E-state index contributed by atoms with van der Waals surface area (Å²) >= 11 is 0. The Kier molecular flexibility index (Phi) is 4.35. The van der Waals surface area contributed by atoms with Crippen LogP contribution >= 0.6 is 0 Å². The summed E-state index contributed by atoms with van der Waals surface area (Å²) in [5.41, 5.74) is 4.85. The van der Waals surface area contributed by atoms with Crippen molar-refractivity contribution in [1.82, 2.24) is 30.0 Å². The van der Waals surface area contributed by atoms with Crippen molar-refractivity contribution in [2.24, 2.45) is 0 Å². The summed E-state index contributed by atoms with van der Waals surface area (Å²) in [6, 6.07) is 13.7. The van der Waals surface area contributed by atoms with Crippen molar-refractivity contribution >= 4 is 16.9 Å². The third-order valence-corrected chi connectivity index (χ3v) is 5.65. The minimum atomic E-state index is 0.0612. The molecule has 1 atom stereocenters. The van der Waals surface area contributed by atoms with Gasteiger partial charge in [-0.3, -0.25) is 9.89 Å². The number of nitrogens with zero attached hydrogens (tertiary/aromatic N) is 4. The molecule has 2 aromatic carbocycles. The number of imidazole rings is 1. The van der Waals surface area contributed by atoms with Gasteiger partial charge in [0.15, 0.2) is 5.82 Å². The number of carbonyl (C=O) groups excluding carboxylic acids is 1. The number of hydrogen-bond donors (Lipinski definition) is 2. The van der Waals surface area contributed by atoms with Crippen molar-refractivity contribution in [2.75, 3.05) is 13.1 Å². The Bertz CT molecular complexity index is 1150. The van der Waals surface area contributed by atoms with Gasteiger partial charge in [-0.25, -0.2) is 9.97 Å². The van der Waals surface area contributed by atoms with Gasteiger partial charge in [0.2, 0.25) is 0 Å². The summed E-state index contributed by atoms with van der Waals surface area (Å²) in [5.74, 6) is 1.97. The normalized spacial score (nSPS) is 17.0. The standard InChI is InChI=1S/C22H22N6O/c1-14-4-2-6-18-19(14)26-21(25-18)17-5-3-11-28(12-17)22(29)16-9-7-15(8-10-16)20-23-13-24-27-20/h2,4,6-10,13,17H,3,5,11-12H2,1H3,(H,25,26)(H,23,24,27)/t17-/m0/s1. The maximum Gasteiger partial charge on any atom is 0.253 e. The number of benzene rings is 2. The Labute approximate surface area is 168 Å². The number of amides is 1. The second kappa shape index (κ2) is 7.16. The molecular weight excluding hydrogens is 364 g/mol. The zero-order valence-corrected chi connectivity index (χ0v) is 16.2. The number of aryl methyl sites for hydroxylation is 1. The molecule has 7 nitrogen and oxygen atoms in total. The fraction of sp³-hybridized carbons (Fsp3) is 0.273. The molecule has 7 heteroatoms. The first-order chi connectivity index (χ1) is 14.2. The van der Waals surface area contributed by atoms with Crippen LogP contribution in [0.2, 0.25) is 0 Å². The largest absolute Gasteiger partial charge is 0.342 e. The van der Waals surface area contributed by atoms with Gasteiger partial charge in [-0.1, -0.05) is 24.3 Å². The number of carbonyl (C=O) groups is 1. The summed E-state index contributed by atoms with van der Waals surface area (Å²) in [4.78, 5) is 27.4. The highest BCUT2D eigenvalue weighted by Gasteiger charge is 2.27. The molecule has 2 N–H and O–H groups in total. The molecule has 146 valence electrons. The van der Waals surface area contributed by atoms with E-state index in [1.54, 1.807) is 0 Å². The van der Waals surface area contributed by atoms with Gasteiger partial charge in [-0.15, -0.1) is 0 Å². The molecule has 5 rings (SSSR count). The lowest BCUT2D eigenvalue weighted by Crippen LogP contribution is -2.39. The van der Waals surface area contributed by atoms with Crippen LogP contribution in [0.25, 0.3) is 22.4 Å². The van der Waals surface area contributed by atoms with Crippen LogP contribution in [0, 0.1) is 6.92 Å². The van der Waals surface area contributed by atoms with E-state index in [9.17, 15) is 4.79 Å². The van der Waals surface area contributed by atoms with E-state index < -0.39 is 0 Å². The average Bonchev–Trinajstić information content (AvgIpc) is 3.44. The molecule has 1 amide bonds. The van der Waals surface area contributed by atoms with Gasteiger partial charge in [0.25, 0.3) is 5.91 Å². The number of aromatic nitrogens is 5. The number of aromatic amines is 2. The summed E-state index contributed by atoms with van der Waals surface area (Å²) in [6.45, 7) is 3.53. The lowest BCUT2D eigenvalue weighted by Gasteiger charge is -2.32. The quantitative estimate of drug-likeness (QED) is 0.562. The monoisotopic (exact) mass is 386 g/mol. The number of fused-ring (bicyclic) bond motifs is 1. The molecule has 0 saturated carbocycles. The molecule has 0 unspecified atom stereocenters. The maximum atomic E-state index is 13.1. The SMILES string of the molecule is Cc1cccc2[nH]c([C@H]3CCCN(C(=O)c4ccc(-c5ncn[nH]5)cc4)C3)nc12. The third kappa shape index (κ3) is 3.29. The van der Waals surface area contributed by atoms with Crippen LogP contribution in [0.4, 0.5) is 0 Å². The smallest absolute Gasteiger partial charge is 0.253 e. The van der Waals surface area contributed by atoms with Crippen molar-refractivity contribution in [3.05, 3.63) is 65.7 Å². The number of likely N-dealkylation sites (tertiary alicyclic amines) is 1. The third-order valence-electron chi connectivity index (χ3n) is 5.65. The number of para-hydroxylation sites is 1. The second-order valence-electron chi connectivity index (χ2n) is 7.59. The summed E-state index contributed by atoms with van der Waals surface area (Å²) in [5, 5.41) is 6.70. The van der Waals surface area contributed by atoms with E-state index in [-0.39, 0.29) is 11.8 Å². The number of hydrogen-bond acceptors (Lipinski definition) is 4. The molecule has 0 radical (unpaired) electrons. The molecule has 0 aliphatic carbocycles. The summed E-state index contributed by atoms with van der Waals surface area (Å²) < 4.78 is 0. The Hall–Kier alpha value is -3.48. The van der Waals surface area contributed by atoms with Gasteiger partial charge in [-0.05, 0) is 43.5 Å². The zero-order valence-electron chi connectivity index (χ0n) is 16.2. The summed E-state index contributed by atoms with van der Waals surface area (Å²) in [6.07, 6.45) is 3.48. The lowest BCUT2D eigenvalue weighted by atomic mass is 9.96. The van der Waals surface area contributed by atoms with Crippen molar-refractivity contribution in [3.63, 3.8) is 0 Å². The molecule has 2 aromatic heterocycles. The predicted molar refractivity (Wildman–Crippen MR) is 111 cm³/mol. The molecule has 1 aliphatic rings. The highest BCUT2D eigenvalue weighted by molar-refractivity contribution is 5.94. The number of piperidine rings is 1. The highest BCUT2D eigenvalue weighted by atomic mass is 16.2. The van der Waals surface area contributed by atoms with Crippen LogP contribution in [0.15, 0.2) is 48.8 Å². The topological polar surface area (TPSA) is 90.6 Å². The number of rotatable bonds is 3. The lowest BCUT2D eigenvalue weighted by molar-refractivity contribution is 0.0705. The molecule has 4 aromatic rings. The molecule has 29 heavy (non-hydrogen) atoms. The van der Waals surface area contributed by atoms with E-state index in [0.29, 0.717) is 17.9 Å². The van der Waals surface area contributed by atoms with Crippen LogP contribution < -0.4 is 0 Å². The molecule has 1 fully saturated rings. The Morgan fingerprint density at radius 2 is 2.03 bits per heavy atom. The molecule has 1 saturated heterocycles. The Balaban J connectivity index is 1.34. The maximum absolute atomic E-state index is 13.1. The van der Waals surface area contributed by atoms with Crippen molar-refractivity contribution in [2.45, 2.75) is 25.7 Å². The first-order valence-corrected chi connectivity index (χ1v) is 9.89. The summed E-state index contributed by atoms with van der Waals surface area (Å²) in [7, 11) is 0. The first-order valence-electron chi connectivity index (χ1n) is 9.89. The van der Waals surface area contributed by atoms with Crippen molar-refractivity contribution in [3.8, 4) is 11.4 Å². The average molecular weight is 386 g/mol. The van der Waals surface area contributed by atoms with Crippen LogP contribution in [-0.4, -0.2) is 49.0 Å². The van der Waals surface area contributed by atoms with Crippen LogP contribution in [0.3, 0.4) is 0 Å². The minimum Gasteiger partial charge on any atom is -0.342 e. The zero-order chi connectivity index (χ0) is 19.8. The van der Waals surface area contributed by atoms with Gasteiger partial charge in [-0.2, -0.15) is 5.10 Å². The van der Waals surface area contributed by atoms with Gasteiger partial charge in [0.05, 0.1) is 11.0 Å². The Morgan fingerprint density at radius 3 is 2.79 bits per heavy atom. The molecule has 0 spiro atoms. The second-order valence-corrected chi connectivity index (χ2v) is 7.59. The first kappa shape index (κ1) is 17.6. The van der Waals surface area contributed by atoms with Gasteiger partial charge >= 0.3 is 0 Å². The van der Waals surface area contributed by atoms with Crippen LogP contribution in [0.5, 0.6) is 0 Å². The van der Waals surface area contributed by atoms with Crippen LogP contribution in [-0.2, 0) is 0 Å². The van der Waals surface area contributed by atoms with E-state index >= 15 is 0 Å². The van der Waals surface area contributed by atoms with Gasteiger partial charge in [0.1, 0.15) is 12.2 Å². The van der Waals surface area contributed by atoms with E-state index in [4.69, 9.17) is 4.98 Å². The minimum absolute atomic E-state index is 0.0612. The van der Waals surface area contributed by atoms with E-state index in [1.807, 2.05) is 35.2 Å². The van der Waals surface area contributed by atoms with Gasteiger partial charge in [0, 0.05) is 30.1 Å². The molecule has 1 aliphatic heterocycles. The number of H-pyrrole nitrogens is 2. The molecule has 0 bridgehead atoms. The van der Waals surface area contributed by atoms with E-state index in [2.05, 4.69) is 39.2 Å². The highest BCUT2D eigenvalue weighted by Crippen LogP contribution is 2.28. The van der Waals surface area contributed by atoms with E-state index in [1.165, 1.54) is 11.9 Å². The van der Waals surface area contributed by atoms with Gasteiger partial charge < -0.3 is 9.88 Å². The number of nitrogens with one attached hydrogen (secondary N) is 2. The molecular formula is C22H22N6O. The Morgan fingerprint density at radius 1 is 1.17 bits per heavy atom. The predicted octanol–water partition coefficient (Wildman–Crippen LogP) is 3.68.